The van der Waals surface area contributed by atoms with Gasteiger partial charge in [-0.1, -0.05) is 17.8 Å². The summed E-state index contributed by atoms with van der Waals surface area (Å²) < 4.78 is 3.91. The molecule has 14 heavy (non-hydrogen) atoms. The van der Waals surface area contributed by atoms with Crippen molar-refractivity contribution in [1.82, 2.24) is 14.1 Å². The van der Waals surface area contributed by atoms with E-state index >= 15 is 0 Å². The van der Waals surface area contributed by atoms with Crippen molar-refractivity contribution >= 4 is 5.70 Å². The molecule has 4 heteroatoms. The molecule has 0 bridgehead atoms. The van der Waals surface area contributed by atoms with Gasteiger partial charge in [-0.3, -0.25) is 4.57 Å². The maximum atomic E-state index is 4.17. The fourth-order valence-corrected chi connectivity index (χ4v) is 1.21. The Hall–Kier alpha value is -1.12. The molecule has 75 valence electrons. The molecule has 1 radical (unpaired) electrons. The summed E-state index contributed by atoms with van der Waals surface area (Å²) in [5.74, 6) is 0. The zero-order valence-corrected chi connectivity index (χ0v) is 10.2. The number of hydrogen-bond acceptors (Lipinski definition) is 0. The first-order valence-corrected chi connectivity index (χ1v) is 4.08. The standard InChI is InChI=1S/C10H11N3.Ir/c1-9(10-4-3-5-11-10)13-7-6-12(2)8-13;/h3-8H,1H2,2H3;. The Morgan fingerprint density at radius 1 is 1.50 bits per heavy atom. The van der Waals surface area contributed by atoms with Crippen LogP contribution in [0.15, 0.2) is 43.6 Å². The maximum Gasteiger partial charge on any atom is 0.166 e. The molecule has 3 nitrogen and oxygen atoms in total. The van der Waals surface area contributed by atoms with Crippen molar-refractivity contribution in [2.24, 2.45) is 7.05 Å². The van der Waals surface area contributed by atoms with Gasteiger partial charge >= 0.3 is 0 Å². The van der Waals surface area contributed by atoms with Crippen molar-refractivity contribution in [2.45, 2.75) is 0 Å². The van der Waals surface area contributed by atoms with Crippen LogP contribution < -0.4 is 4.98 Å². The maximum absolute atomic E-state index is 4.17. The van der Waals surface area contributed by atoms with E-state index in [1.807, 2.05) is 47.0 Å². The number of aryl methyl sites for hydroxylation is 1. The number of nitrogens with zero attached hydrogens (tertiary/aromatic N) is 3. The van der Waals surface area contributed by atoms with Gasteiger partial charge in [-0.15, -0.1) is 0 Å². The van der Waals surface area contributed by atoms with Crippen molar-refractivity contribution in [1.29, 1.82) is 0 Å². The molecular weight excluding hydrogens is 354 g/mol. The topological polar surface area (TPSA) is 24.0 Å². The second kappa shape index (κ2) is 4.40. The van der Waals surface area contributed by atoms with Gasteiger partial charge in [0.05, 0.1) is 0 Å². The van der Waals surface area contributed by atoms with Crippen LogP contribution in [0.2, 0.25) is 0 Å². The normalized spacial score (nSPS) is 9.50. The molecule has 0 atom stereocenters. The van der Waals surface area contributed by atoms with Gasteiger partial charge in [-0.05, 0) is 6.58 Å². The van der Waals surface area contributed by atoms with Crippen LogP contribution in [0.4, 0.5) is 0 Å². The van der Waals surface area contributed by atoms with Crippen molar-refractivity contribution in [3.8, 4) is 0 Å². The van der Waals surface area contributed by atoms with E-state index in [-0.39, 0.29) is 20.1 Å². The Morgan fingerprint density at radius 3 is 2.79 bits per heavy atom. The van der Waals surface area contributed by atoms with Crippen molar-refractivity contribution in [3.05, 3.63) is 49.3 Å². The summed E-state index contributed by atoms with van der Waals surface area (Å²) in [6, 6.07) is 3.85. The molecule has 0 saturated carbocycles. The monoisotopic (exact) mass is 366 g/mol. The zero-order valence-electron chi connectivity index (χ0n) is 7.85. The van der Waals surface area contributed by atoms with Gasteiger partial charge in [0.25, 0.3) is 0 Å². The van der Waals surface area contributed by atoms with Gasteiger partial charge in [0.15, 0.2) is 6.33 Å². The Kier molecular flexibility index (Phi) is 3.44. The van der Waals surface area contributed by atoms with Gasteiger partial charge in [-0.2, -0.15) is 10.8 Å². The van der Waals surface area contributed by atoms with E-state index in [0.717, 1.165) is 11.4 Å². The van der Waals surface area contributed by atoms with E-state index in [1.165, 1.54) is 0 Å². The number of rotatable bonds is 2. The van der Waals surface area contributed by atoms with Gasteiger partial charge < -0.3 is 4.98 Å². The summed E-state index contributed by atoms with van der Waals surface area (Å²) in [5, 5.41) is 0. The van der Waals surface area contributed by atoms with Crippen molar-refractivity contribution in [3.63, 3.8) is 0 Å². The van der Waals surface area contributed by atoms with Crippen LogP contribution in [0.5, 0.6) is 0 Å². The largest absolute Gasteiger partial charge is 0.654 e. The summed E-state index contributed by atoms with van der Waals surface area (Å²) in [6.07, 6.45) is 7.64. The first kappa shape index (κ1) is 11.0. The summed E-state index contributed by atoms with van der Waals surface area (Å²) in [4.78, 5) is 4.17. The van der Waals surface area contributed by atoms with Crippen LogP contribution in [0.3, 0.4) is 0 Å². The Morgan fingerprint density at radius 2 is 2.29 bits per heavy atom. The molecular formula is C10H11IrN3. The van der Waals surface area contributed by atoms with Crippen LogP contribution >= 0.6 is 0 Å². The van der Waals surface area contributed by atoms with Crippen molar-refractivity contribution in [2.75, 3.05) is 0 Å². The molecule has 2 aromatic heterocycles. The second-order valence-corrected chi connectivity index (χ2v) is 2.96. The van der Waals surface area contributed by atoms with E-state index in [2.05, 4.69) is 11.6 Å². The molecule has 2 aromatic rings. The molecule has 0 N–H and O–H groups in total. The molecule has 2 heterocycles. The summed E-state index contributed by atoms with van der Waals surface area (Å²) >= 11 is 0. The van der Waals surface area contributed by atoms with E-state index in [1.54, 1.807) is 6.20 Å². The van der Waals surface area contributed by atoms with Gasteiger partial charge in [0.1, 0.15) is 18.1 Å². The first-order chi connectivity index (χ1) is 6.27. The molecule has 0 aliphatic carbocycles. The average Bonchev–Trinajstić information content (AvgIpc) is 2.72. The second-order valence-electron chi connectivity index (χ2n) is 2.96. The van der Waals surface area contributed by atoms with Crippen LogP contribution in [-0.4, -0.2) is 9.13 Å². The SMILES string of the molecule is C=C(c1ccc[n-]1)n1ccn(C)[cH+]1.[Ir]. The molecule has 0 aromatic carbocycles. The Bertz CT molecular complexity index is 414. The zero-order chi connectivity index (χ0) is 9.26. The Labute approximate surface area is 96.4 Å². The first-order valence-electron chi connectivity index (χ1n) is 4.08. The third kappa shape index (κ3) is 2.03. The van der Waals surface area contributed by atoms with Crippen LogP contribution in [0.25, 0.3) is 5.70 Å². The van der Waals surface area contributed by atoms with E-state index < -0.39 is 0 Å². The van der Waals surface area contributed by atoms with E-state index in [4.69, 9.17) is 0 Å². The number of aromatic nitrogens is 3. The molecule has 0 amide bonds. The summed E-state index contributed by atoms with van der Waals surface area (Å²) in [5.41, 5.74) is 1.81. The quantitative estimate of drug-likeness (QED) is 0.742. The van der Waals surface area contributed by atoms with Crippen LogP contribution in [0.1, 0.15) is 5.69 Å². The van der Waals surface area contributed by atoms with Crippen molar-refractivity contribution < 1.29 is 20.1 Å². The predicted molar refractivity (Wildman–Crippen MR) is 52.0 cm³/mol. The fraction of sp³-hybridized carbons (Fsp3) is 0.100. The molecule has 0 unspecified atom stereocenters. The van der Waals surface area contributed by atoms with E-state index in [9.17, 15) is 0 Å². The van der Waals surface area contributed by atoms with Gasteiger partial charge in [0.2, 0.25) is 0 Å². The van der Waals surface area contributed by atoms with Crippen LogP contribution in [0, 0.1) is 0 Å². The van der Waals surface area contributed by atoms with E-state index in [0.29, 0.717) is 0 Å². The molecule has 0 fully saturated rings. The molecule has 0 saturated heterocycles. The predicted octanol–water partition coefficient (Wildman–Crippen LogP) is 1.58. The number of imidazole rings is 1. The Balaban J connectivity index is 0.000000980. The van der Waals surface area contributed by atoms with Gasteiger partial charge in [-0.25, -0.2) is 0 Å². The average molecular weight is 365 g/mol. The molecule has 0 aliphatic rings. The minimum Gasteiger partial charge on any atom is -0.654 e. The number of hydrogen-bond donors (Lipinski definition) is 0. The fourth-order valence-electron chi connectivity index (χ4n) is 1.21. The summed E-state index contributed by atoms with van der Waals surface area (Å²) in [6.45, 7) is 3.97. The third-order valence-electron chi connectivity index (χ3n) is 1.93. The van der Waals surface area contributed by atoms with Gasteiger partial charge in [0, 0.05) is 27.2 Å². The minimum atomic E-state index is 0. The summed E-state index contributed by atoms with van der Waals surface area (Å²) in [7, 11) is 1.97. The molecule has 0 aliphatic heterocycles. The third-order valence-corrected chi connectivity index (χ3v) is 1.93. The molecule has 0 spiro atoms. The molecule has 2 rings (SSSR count). The smallest absolute Gasteiger partial charge is 0.166 e. The minimum absolute atomic E-state index is 0. The van der Waals surface area contributed by atoms with Crippen LogP contribution in [-0.2, 0) is 27.2 Å².